The number of methoxy groups -OCH3 is 1. The average molecular weight is 364 g/mol. The molecule has 0 unspecified atom stereocenters. The molecule has 1 aromatic carbocycles. The number of sulfonamides is 1. The van der Waals surface area contributed by atoms with Crippen LogP contribution in [0.2, 0.25) is 0 Å². The van der Waals surface area contributed by atoms with Crippen molar-refractivity contribution in [3.63, 3.8) is 0 Å². The number of hydrogen-bond donors (Lipinski definition) is 1. The Bertz CT molecular complexity index is 891. The van der Waals surface area contributed by atoms with Crippen LogP contribution in [0.1, 0.15) is 23.1 Å². The molecule has 8 nitrogen and oxygen atoms in total. The molecule has 0 spiro atoms. The topological polar surface area (TPSA) is 93.5 Å². The number of rotatable bonds is 5. The number of imidazole rings is 1. The molecule has 0 atom stereocenters. The molecule has 2 aromatic rings. The van der Waals surface area contributed by atoms with E-state index < -0.39 is 10.0 Å². The van der Waals surface area contributed by atoms with Gasteiger partial charge in [-0.2, -0.15) is 4.31 Å². The lowest BCUT2D eigenvalue weighted by Gasteiger charge is -2.19. The lowest BCUT2D eigenvalue weighted by atomic mass is 10.2. The maximum atomic E-state index is 13.0. The van der Waals surface area contributed by atoms with Crippen LogP contribution in [0.5, 0.6) is 0 Å². The zero-order valence-corrected chi connectivity index (χ0v) is 14.9. The van der Waals surface area contributed by atoms with Gasteiger partial charge in [0, 0.05) is 20.2 Å². The van der Waals surface area contributed by atoms with Crippen LogP contribution in [0.4, 0.5) is 0 Å². The van der Waals surface area contributed by atoms with Gasteiger partial charge in [-0.3, -0.25) is 9.36 Å². The third-order valence-electron chi connectivity index (χ3n) is 4.03. The van der Waals surface area contributed by atoms with Crippen molar-refractivity contribution in [2.75, 3.05) is 26.8 Å². The SMILES string of the molecule is CCNC(=O)c1ncn2c1CN(CCOC)S(=O)(=O)c1ccccc1-2. The van der Waals surface area contributed by atoms with Crippen LogP contribution in [-0.4, -0.2) is 55.0 Å². The van der Waals surface area contributed by atoms with Crippen molar-refractivity contribution in [1.29, 1.82) is 0 Å². The van der Waals surface area contributed by atoms with E-state index in [0.717, 1.165) is 0 Å². The Labute approximate surface area is 146 Å². The van der Waals surface area contributed by atoms with E-state index in [9.17, 15) is 13.2 Å². The largest absolute Gasteiger partial charge is 0.383 e. The summed E-state index contributed by atoms with van der Waals surface area (Å²) in [4.78, 5) is 16.7. The Morgan fingerprint density at radius 3 is 2.84 bits per heavy atom. The fourth-order valence-corrected chi connectivity index (χ4v) is 4.39. The van der Waals surface area contributed by atoms with Crippen molar-refractivity contribution < 1.29 is 17.9 Å². The summed E-state index contributed by atoms with van der Waals surface area (Å²) in [6.45, 7) is 2.77. The van der Waals surface area contributed by atoms with Crippen LogP contribution in [0, 0.1) is 0 Å². The number of carbonyl (C=O) groups is 1. The van der Waals surface area contributed by atoms with E-state index in [1.54, 1.807) is 28.8 Å². The molecule has 3 rings (SSSR count). The van der Waals surface area contributed by atoms with E-state index in [0.29, 0.717) is 17.9 Å². The van der Waals surface area contributed by atoms with E-state index in [-0.39, 0.29) is 36.2 Å². The van der Waals surface area contributed by atoms with Gasteiger partial charge in [0.1, 0.15) is 11.2 Å². The maximum absolute atomic E-state index is 13.0. The second-order valence-electron chi connectivity index (χ2n) is 5.57. The third-order valence-corrected chi connectivity index (χ3v) is 5.92. The molecular weight excluding hydrogens is 344 g/mol. The highest BCUT2D eigenvalue weighted by Gasteiger charge is 2.34. The molecular formula is C16H20N4O4S. The maximum Gasteiger partial charge on any atom is 0.271 e. The highest BCUT2D eigenvalue weighted by atomic mass is 32.2. The van der Waals surface area contributed by atoms with Crippen molar-refractivity contribution in [2.24, 2.45) is 0 Å². The average Bonchev–Trinajstić information content (AvgIpc) is 2.98. The summed E-state index contributed by atoms with van der Waals surface area (Å²) in [6.07, 6.45) is 1.49. The third kappa shape index (κ3) is 3.06. The van der Waals surface area contributed by atoms with Crippen molar-refractivity contribution in [1.82, 2.24) is 19.2 Å². The molecule has 1 amide bonds. The molecule has 0 aliphatic carbocycles. The van der Waals surface area contributed by atoms with Gasteiger partial charge in [0.25, 0.3) is 5.91 Å². The van der Waals surface area contributed by atoms with Gasteiger partial charge in [-0.05, 0) is 19.1 Å². The predicted molar refractivity (Wildman–Crippen MR) is 91.0 cm³/mol. The second kappa shape index (κ2) is 6.95. The number of ether oxygens (including phenoxy) is 1. The Hall–Kier alpha value is -2.23. The van der Waals surface area contributed by atoms with Gasteiger partial charge in [0.05, 0.1) is 24.5 Å². The normalized spacial score (nSPS) is 15.9. The zero-order valence-electron chi connectivity index (χ0n) is 14.1. The van der Waals surface area contributed by atoms with E-state index >= 15 is 0 Å². The van der Waals surface area contributed by atoms with Gasteiger partial charge in [0.15, 0.2) is 5.69 Å². The van der Waals surface area contributed by atoms with Gasteiger partial charge in [-0.1, -0.05) is 12.1 Å². The van der Waals surface area contributed by atoms with Crippen LogP contribution in [0.3, 0.4) is 0 Å². The van der Waals surface area contributed by atoms with Crippen molar-refractivity contribution >= 4 is 15.9 Å². The second-order valence-corrected chi connectivity index (χ2v) is 7.47. The van der Waals surface area contributed by atoms with Crippen molar-refractivity contribution in [3.05, 3.63) is 42.0 Å². The quantitative estimate of drug-likeness (QED) is 0.846. The molecule has 2 heterocycles. The van der Waals surface area contributed by atoms with E-state index in [1.165, 1.54) is 17.7 Å². The van der Waals surface area contributed by atoms with Crippen LogP contribution in [0.15, 0.2) is 35.5 Å². The summed E-state index contributed by atoms with van der Waals surface area (Å²) in [7, 11) is -2.19. The number of nitrogens with zero attached hydrogens (tertiary/aromatic N) is 3. The smallest absolute Gasteiger partial charge is 0.271 e. The number of hydrogen-bond acceptors (Lipinski definition) is 5. The van der Waals surface area contributed by atoms with Gasteiger partial charge < -0.3 is 10.1 Å². The minimum Gasteiger partial charge on any atom is -0.383 e. The van der Waals surface area contributed by atoms with Crippen LogP contribution < -0.4 is 5.32 Å². The molecule has 1 aliphatic rings. The lowest BCUT2D eigenvalue weighted by Crippen LogP contribution is -2.33. The predicted octanol–water partition coefficient (Wildman–Crippen LogP) is 0.773. The van der Waals surface area contributed by atoms with Gasteiger partial charge >= 0.3 is 0 Å². The van der Waals surface area contributed by atoms with Gasteiger partial charge in [-0.15, -0.1) is 0 Å². The molecule has 0 saturated heterocycles. The zero-order chi connectivity index (χ0) is 18.0. The van der Waals surface area contributed by atoms with Gasteiger partial charge in [0.2, 0.25) is 10.0 Å². The Morgan fingerprint density at radius 1 is 1.36 bits per heavy atom. The molecule has 0 radical (unpaired) electrons. The number of aromatic nitrogens is 2. The first-order valence-electron chi connectivity index (χ1n) is 7.93. The summed E-state index contributed by atoms with van der Waals surface area (Å²) >= 11 is 0. The van der Waals surface area contributed by atoms with Crippen LogP contribution >= 0.6 is 0 Å². The molecule has 25 heavy (non-hydrogen) atoms. The number of fused-ring (bicyclic) bond motifs is 3. The summed E-state index contributed by atoms with van der Waals surface area (Å²) < 4.78 is 34.1. The first-order valence-corrected chi connectivity index (χ1v) is 9.37. The minimum atomic E-state index is -3.71. The molecule has 1 N–H and O–H groups in total. The molecule has 0 fully saturated rings. The Balaban J connectivity index is 2.18. The Kier molecular flexibility index (Phi) is 4.89. The van der Waals surface area contributed by atoms with Gasteiger partial charge in [-0.25, -0.2) is 13.4 Å². The van der Waals surface area contributed by atoms with E-state index in [4.69, 9.17) is 4.74 Å². The number of carbonyl (C=O) groups excluding carboxylic acids is 1. The fourth-order valence-electron chi connectivity index (χ4n) is 2.82. The molecule has 0 saturated carbocycles. The van der Waals surface area contributed by atoms with E-state index in [2.05, 4.69) is 10.3 Å². The first-order chi connectivity index (χ1) is 12.0. The highest BCUT2D eigenvalue weighted by Crippen LogP contribution is 2.30. The van der Waals surface area contributed by atoms with Crippen LogP contribution in [0.25, 0.3) is 5.69 Å². The highest BCUT2D eigenvalue weighted by molar-refractivity contribution is 7.89. The lowest BCUT2D eigenvalue weighted by molar-refractivity contribution is 0.0949. The molecule has 0 bridgehead atoms. The van der Waals surface area contributed by atoms with E-state index in [1.807, 2.05) is 6.92 Å². The summed E-state index contributed by atoms with van der Waals surface area (Å²) in [5.41, 5.74) is 1.26. The van der Waals surface area contributed by atoms with Crippen molar-refractivity contribution in [2.45, 2.75) is 18.4 Å². The summed E-state index contributed by atoms with van der Waals surface area (Å²) in [5.74, 6) is -0.320. The molecule has 1 aliphatic heterocycles. The number of para-hydroxylation sites is 1. The summed E-state index contributed by atoms with van der Waals surface area (Å²) in [5, 5.41) is 2.71. The molecule has 1 aromatic heterocycles. The fraction of sp³-hybridized carbons (Fsp3) is 0.375. The Morgan fingerprint density at radius 2 is 2.12 bits per heavy atom. The number of nitrogens with one attached hydrogen (secondary N) is 1. The van der Waals surface area contributed by atoms with Crippen LogP contribution in [-0.2, 0) is 21.3 Å². The minimum absolute atomic E-state index is 0.0485. The summed E-state index contributed by atoms with van der Waals surface area (Å²) in [6, 6.07) is 6.71. The standard InChI is InChI=1S/C16H20N4O4S/c1-3-17-16(21)15-13-10-19(8-9-24-2)25(22,23)14-7-5-4-6-12(14)20(13)11-18-15/h4-7,11H,3,8-10H2,1-2H3,(H,17,21). The number of amides is 1. The first kappa shape index (κ1) is 17.6. The molecule has 134 valence electrons. The number of benzene rings is 1. The monoisotopic (exact) mass is 364 g/mol. The van der Waals surface area contributed by atoms with Crippen molar-refractivity contribution in [3.8, 4) is 5.69 Å². The molecule has 9 heteroatoms.